The van der Waals surface area contributed by atoms with E-state index >= 15 is 0 Å². The summed E-state index contributed by atoms with van der Waals surface area (Å²) < 4.78 is 8.44. The summed E-state index contributed by atoms with van der Waals surface area (Å²) in [5.74, 6) is -1.04. The summed E-state index contributed by atoms with van der Waals surface area (Å²) >= 11 is 0. The average molecular weight is 310 g/mol. The third-order valence-electron chi connectivity index (χ3n) is 1.25. The first-order valence-electron chi connectivity index (χ1n) is 5.54. The lowest BCUT2D eigenvalue weighted by Crippen LogP contribution is -2.37. The molecule has 0 saturated carbocycles. The lowest BCUT2D eigenvalue weighted by Gasteiger charge is -2.08. The van der Waals surface area contributed by atoms with Crippen LogP contribution in [0.5, 0.6) is 0 Å². The van der Waals surface area contributed by atoms with Crippen LogP contribution in [0.4, 0.5) is 0 Å². The zero-order valence-electron chi connectivity index (χ0n) is 11.9. The van der Waals surface area contributed by atoms with Gasteiger partial charge in [0.2, 0.25) is 5.91 Å². The summed E-state index contributed by atoms with van der Waals surface area (Å²) in [6.45, 7) is 3.27. The van der Waals surface area contributed by atoms with Gasteiger partial charge in [0.05, 0.1) is 6.54 Å². The van der Waals surface area contributed by atoms with Gasteiger partial charge in [-0.05, 0) is 0 Å². The van der Waals surface area contributed by atoms with E-state index in [0.717, 1.165) is 6.92 Å². The Kier molecular flexibility index (Phi) is 20.1. The van der Waals surface area contributed by atoms with Crippen LogP contribution in [0.2, 0.25) is 0 Å². The number of hydrogen-bond acceptors (Lipinski definition) is 9. The fourth-order valence-corrected chi connectivity index (χ4v) is 0.491. The molecule has 8 N–H and O–H groups in total. The van der Waals surface area contributed by atoms with Gasteiger partial charge < -0.3 is 25.6 Å². The molecule has 0 heterocycles. The summed E-state index contributed by atoms with van der Waals surface area (Å²) in [6.07, 6.45) is -1.39. The fourth-order valence-electron chi connectivity index (χ4n) is 0.491. The van der Waals surface area contributed by atoms with Crippen molar-refractivity contribution in [3.05, 3.63) is 0 Å². The predicted octanol–water partition coefficient (Wildman–Crippen LogP) is -2.93. The van der Waals surface area contributed by atoms with Crippen molar-refractivity contribution in [1.82, 2.24) is 5.32 Å². The summed E-state index contributed by atoms with van der Waals surface area (Å²) in [6, 6.07) is 0. The van der Waals surface area contributed by atoms with Gasteiger partial charge in [0.1, 0.15) is 0 Å². The standard InChI is InChI=1S/C5H10N2O3.C3H8N2O2.C2H4O2/c1-4(9)7-2-5(6)10-3-8;4-1-3(5)7-2-6;1-2(3)4/h3,5H,2,6H2,1H3,(H,7,9);2-3H,1,4-5H2;1H3,(H,3,4). The molecule has 0 aromatic carbocycles. The largest absolute Gasteiger partial charge is 0.481 e. The third kappa shape index (κ3) is 38.1. The molecule has 0 aromatic heterocycles. The van der Waals surface area contributed by atoms with E-state index in [4.69, 9.17) is 27.1 Å². The number of carboxylic acid groups (broad SMARTS) is 1. The van der Waals surface area contributed by atoms with Crippen LogP contribution in [0.15, 0.2) is 0 Å². The summed E-state index contributed by atoms with van der Waals surface area (Å²) in [4.78, 5) is 38.3. The van der Waals surface area contributed by atoms with Gasteiger partial charge in [-0.15, -0.1) is 0 Å². The number of carbonyl (C=O) groups is 4. The Hall–Kier alpha value is -2.24. The van der Waals surface area contributed by atoms with E-state index in [1.165, 1.54) is 6.92 Å². The molecular weight excluding hydrogens is 288 g/mol. The number of rotatable bonds is 7. The van der Waals surface area contributed by atoms with Crippen molar-refractivity contribution in [2.45, 2.75) is 26.3 Å². The van der Waals surface area contributed by atoms with E-state index in [1.54, 1.807) is 0 Å². The molecule has 0 saturated heterocycles. The highest BCUT2D eigenvalue weighted by Gasteiger charge is 2.00. The van der Waals surface area contributed by atoms with Crippen LogP contribution in [-0.4, -0.2) is 55.5 Å². The molecule has 11 heteroatoms. The van der Waals surface area contributed by atoms with Crippen LogP contribution < -0.4 is 22.5 Å². The van der Waals surface area contributed by atoms with Gasteiger partial charge in [-0.1, -0.05) is 0 Å². The zero-order valence-corrected chi connectivity index (χ0v) is 11.9. The quantitative estimate of drug-likeness (QED) is 0.240. The molecule has 0 radical (unpaired) electrons. The van der Waals surface area contributed by atoms with Crippen LogP contribution in [0.25, 0.3) is 0 Å². The number of nitrogens with one attached hydrogen (secondary N) is 1. The topological polar surface area (TPSA) is 197 Å². The number of carbonyl (C=O) groups excluding carboxylic acids is 3. The highest BCUT2D eigenvalue weighted by molar-refractivity contribution is 5.72. The van der Waals surface area contributed by atoms with Gasteiger partial charge in [0.25, 0.3) is 18.9 Å². The molecule has 0 aromatic rings. The van der Waals surface area contributed by atoms with E-state index in [1.807, 2.05) is 0 Å². The van der Waals surface area contributed by atoms with Crippen LogP contribution in [-0.2, 0) is 28.7 Å². The van der Waals surface area contributed by atoms with Crippen LogP contribution in [0.3, 0.4) is 0 Å². The van der Waals surface area contributed by atoms with Crippen LogP contribution in [0, 0.1) is 0 Å². The van der Waals surface area contributed by atoms with E-state index < -0.39 is 18.4 Å². The lowest BCUT2D eigenvalue weighted by molar-refractivity contribution is -0.135. The first-order chi connectivity index (χ1) is 9.70. The lowest BCUT2D eigenvalue weighted by atomic mass is 10.5. The minimum atomic E-state index is -0.833. The number of amides is 1. The van der Waals surface area contributed by atoms with Crippen LogP contribution in [0.1, 0.15) is 13.8 Å². The van der Waals surface area contributed by atoms with Crippen molar-refractivity contribution in [1.29, 1.82) is 0 Å². The molecule has 0 bridgehead atoms. The van der Waals surface area contributed by atoms with Gasteiger partial charge in [-0.25, -0.2) is 0 Å². The molecule has 11 nitrogen and oxygen atoms in total. The Bertz CT molecular complexity index is 297. The Labute approximate surface area is 121 Å². The van der Waals surface area contributed by atoms with E-state index in [0.29, 0.717) is 0 Å². The second kappa shape index (κ2) is 17.8. The smallest absolute Gasteiger partial charge is 0.300 e. The fraction of sp³-hybridized carbons (Fsp3) is 0.600. The maximum absolute atomic E-state index is 10.2. The monoisotopic (exact) mass is 310 g/mol. The van der Waals surface area contributed by atoms with Gasteiger partial charge >= 0.3 is 0 Å². The highest BCUT2D eigenvalue weighted by Crippen LogP contribution is 1.74. The number of hydrogen-bond donors (Lipinski definition) is 5. The van der Waals surface area contributed by atoms with Crippen molar-refractivity contribution >= 4 is 24.8 Å². The number of nitrogens with two attached hydrogens (primary N) is 3. The Morgan fingerprint density at radius 2 is 1.52 bits per heavy atom. The zero-order chi connectivity index (χ0) is 17.3. The summed E-state index contributed by atoms with van der Waals surface area (Å²) in [7, 11) is 0. The minimum Gasteiger partial charge on any atom is -0.481 e. The molecule has 2 unspecified atom stereocenters. The Morgan fingerprint density at radius 1 is 1.14 bits per heavy atom. The van der Waals surface area contributed by atoms with E-state index in [2.05, 4.69) is 14.8 Å². The molecule has 2 atom stereocenters. The maximum Gasteiger partial charge on any atom is 0.300 e. The normalized spacial score (nSPS) is 11.1. The molecule has 0 fully saturated rings. The van der Waals surface area contributed by atoms with Gasteiger partial charge in [-0.2, -0.15) is 0 Å². The van der Waals surface area contributed by atoms with Crippen molar-refractivity contribution in [2.75, 3.05) is 13.1 Å². The molecule has 0 rings (SSSR count). The molecular formula is C10H22N4O7. The van der Waals surface area contributed by atoms with E-state index in [-0.39, 0.29) is 31.9 Å². The molecule has 0 aliphatic rings. The molecule has 0 aliphatic heterocycles. The first kappa shape index (κ1) is 23.8. The maximum atomic E-state index is 10.2. The molecule has 0 spiro atoms. The summed E-state index contributed by atoms with van der Waals surface area (Å²) in [5.41, 5.74) is 15.1. The number of carboxylic acids is 1. The SMILES string of the molecule is CC(=O)NCC(N)OC=O.CC(=O)O.NCC(N)OC=O. The second-order valence-electron chi connectivity index (χ2n) is 3.23. The average Bonchev–Trinajstić information content (AvgIpc) is 2.37. The van der Waals surface area contributed by atoms with Crippen molar-refractivity contribution in [3.8, 4) is 0 Å². The number of aliphatic carboxylic acids is 1. The van der Waals surface area contributed by atoms with Gasteiger partial charge in [-0.3, -0.25) is 30.6 Å². The highest BCUT2D eigenvalue weighted by atomic mass is 16.5. The molecule has 0 aliphatic carbocycles. The van der Waals surface area contributed by atoms with Crippen LogP contribution >= 0.6 is 0 Å². The Morgan fingerprint density at radius 3 is 1.76 bits per heavy atom. The molecule has 1 amide bonds. The van der Waals surface area contributed by atoms with Gasteiger partial charge in [0.15, 0.2) is 12.5 Å². The van der Waals surface area contributed by atoms with E-state index in [9.17, 15) is 14.4 Å². The second-order valence-corrected chi connectivity index (χ2v) is 3.23. The van der Waals surface area contributed by atoms with Gasteiger partial charge in [0, 0.05) is 20.4 Å². The van der Waals surface area contributed by atoms with Crippen molar-refractivity contribution < 1.29 is 33.8 Å². The number of ether oxygens (including phenoxy) is 2. The predicted molar refractivity (Wildman–Crippen MR) is 71.3 cm³/mol. The third-order valence-corrected chi connectivity index (χ3v) is 1.25. The van der Waals surface area contributed by atoms with Crippen molar-refractivity contribution in [2.24, 2.45) is 17.2 Å². The summed E-state index contributed by atoms with van der Waals surface area (Å²) in [5, 5.41) is 9.80. The van der Waals surface area contributed by atoms with Crippen molar-refractivity contribution in [3.63, 3.8) is 0 Å². The Balaban J connectivity index is -0.000000256. The molecule has 124 valence electrons. The first-order valence-corrected chi connectivity index (χ1v) is 5.54. The minimum absolute atomic E-state index is 0.147. The molecule has 21 heavy (non-hydrogen) atoms.